The summed E-state index contributed by atoms with van der Waals surface area (Å²) in [6, 6.07) is 5.91. The highest BCUT2D eigenvalue weighted by molar-refractivity contribution is 6.32. The third kappa shape index (κ3) is 4.57. The van der Waals surface area contributed by atoms with Gasteiger partial charge in [-0.15, -0.1) is 0 Å². The van der Waals surface area contributed by atoms with Crippen molar-refractivity contribution in [3.8, 4) is 5.75 Å². The zero-order valence-corrected chi connectivity index (χ0v) is 11.7. The van der Waals surface area contributed by atoms with Crippen LogP contribution in [-0.2, 0) is 6.54 Å². The molecule has 2 nitrogen and oxygen atoms in total. The Hall–Kier alpha value is -0.730. The molecule has 0 heterocycles. The Labute approximate surface area is 109 Å². The number of rotatable bonds is 7. The van der Waals surface area contributed by atoms with Crippen LogP contribution in [0.5, 0.6) is 5.75 Å². The molecule has 17 heavy (non-hydrogen) atoms. The van der Waals surface area contributed by atoms with Crippen molar-refractivity contribution in [1.29, 1.82) is 0 Å². The molecule has 0 aliphatic carbocycles. The number of halogens is 1. The molecule has 0 aromatic heterocycles. The van der Waals surface area contributed by atoms with Crippen LogP contribution in [-0.4, -0.2) is 12.6 Å². The summed E-state index contributed by atoms with van der Waals surface area (Å²) in [5, 5.41) is 4.07. The summed E-state index contributed by atoms with van der Waals surface area (Å²) < 4.78 is 5.88. The summed E-state index contributed by atoms with van der Waals surface area (Å²) in [7, 11) is 0. The van der Waals surface area contributed by atoms with Gasteiger partial charge in [0.05, 0.1) is 11.1 Å². The lowest BCUT2D eigenvalue weighted by molar-refractivity contribution is 0.215. The van der Waals surface area contributed by atoms with Crippen LogP contribution in [0.3, 0.4) is 0 Å². The second-order valence-corrected chi connectivity index (χ2v) is 4.65. The molecule has 1 unspecified atom stereocenters. The highest BCUT2D eigenvalue weighted by Crippen LogP contribution is 2.29. The molecular formula is C14H22ClNO. The fourth-order valence-corrected chi connectivity index (χ4v) is 1.75. The van der Waals surface area contributed by atoms with Gasteiger partial charge >= 0.3 is 0 Å². The zero-order chi connectivity index (χ0) is 12.7. The van der Waals surface area contributed by atoms with E-state index in [4.69, 9.17) is 16.3 Å². The van der Waals surface area contributed by atoms with Gasteiger partial charge in [0.15, 0.2) is 0 Å². The van der Waals surface area contributed by atoms with Gasteiger partial charge in [0.25, 0.3) is 0 Å². The topological polar surface area (TPSA) is 21.3 Å². The highest BCUT2D eigenvalue weighted by atomic mass is 35.5. The Morgan fingerprint density at radius 2 is 2.12 bits per heavy atom. The Morgan fingerprint density at radius 1 is 1.35 bits per heavy atom. The van der Waals surface area contributed by atoms with E-state index in [-0.39, 0.29) is 6.10 Å². The first kappa shape index (κ1) is 14.3. The predicted molar refractivity (Wildman–Crippen MR) is 73.8 cm³/mol. The number of benzene rings is 1. The number of hydrogen-bond donors (Lipinski definition) is 1. The van der Waals surface area contributed by atoms with Gasteiger partial charge in [-0.3, -0.25) is 0 Å². The van der Waals surface area contributed by atoms with E-state index >= 15 is 0 Å². The largest absolute Gasteiger partial charge is 0.489 e. The minimum atomic E-state index is 0.194. The van der Waals surface area contributed by atoms with Crippen LogP contribution < -0.4 is 10.1 Å². The van der Waals surface area contributed by atoms with Crippen molar-refractivity contribution in [1.82, 2.24) is 5.32 Å². The average molecular weight is 256 g/mol. The Morgan fingerprint density at radius 3 is 2.76 bits per heavy atom. The third-order valence-electron chi connectivity index (χ3n) is 2.68. The van der Waals surface area contributed by atoms with E-state index in [9.17, 15) is 0 Å². The minimum absolute atomic E-state index is 0.194. The summed E-state index contributed by atoms with van der Waals surface area (Å²) >= 11 is 6.19. The van der Waals surface area contributed by atoms with Crippen molar-refractivity contribution in [2.75, 3.05) is 6.54 Å². The number of ether oxygens (including phenoxy) is 1. The number of hydrogen-bond acceptors (Lipinski definition) is 2. The first-order chi connectivity index (χ1) is 8.19. The number of nitrogens with one attached hydrogen (secondary N) is 1. The second kappa shape index (κ2) is 7.57. The first-order valence-electron chi connectivity index (χ1n) is 6.33. The van der Waals surface area contributed by atoms with Crippen LogP contribution >= 0.6 is 11.6 Å². The molecule has 0 fully saturated rings. The van der Waals surface area contributed by atoms with Crippen LogP contribution in [0.2, 0.25) is 5.02 Å². The third-order valence-corrected chi connectivity index (χ3v) is 2.98. The predicted octanol–water partition coefficient (Wildman–Crippen LogP) is 4.02. The van der Waals surface area contributed by atoms with E-state index in [1.54, 1.807) is 0 Å². The highest BCUT2D eigenvalue weighted by Gasteiger charge is 2.10. The number of para-hydroxylation sites is 1. The second-order valence-electron chi connectivity index (χ2n) is 4.24. The molecule has 0 spiro atoms. The molecule has 1 aromatic carbocycles. The lowest BCUT2D eigenvalue weighted by atomic mass is 10.2. The smallest absolute Gasteiger partial charge is 0.142 e. The quantitative estimate of drug-likeness (QED) is 0.743. The van der Waals surface area contributed by atoms with E-state index in [1.165, 1.54) is 0 Å². The van der Waals surface area contributed by atoms with Crippen LogP contribution in [0.4, 0.5) is 0 Å². The normalized spacial score (nSPS) is 12.5. The molecule has 96 valence electrons. The van der Waals surface area contributed by atoms with E-state index in [2.05, 4.69) is 32.2 Å². The molecular weight excluding hydrogens is 234 g/mol. The SMILES string of the molecule is CCCNCc1cccc(Cl)c1OC(C)CC. The van der Waals surface area contributed by atoms with Crippen LogP contribution in [0.15, 0.2) is 18.2 Å². The van der Waals surface area contributed by atoms with Gasteiger partial charge < -0.3 is 10.1 Å². The average Bonchev–Trinajstić information content (AvgIpc) is 2.33. The van der Waals surface area contributed by atoms with E-state index in [0.717, 1.165) is 37.2 Å². The Bertz CT molecular complexity index is 341. The fraction of sp³-hybridized carbons (Fsp3) is 0.571. The lowest BCUT2D eigenvalue weighted by Gasteiger charge is -2.17. The van der Waals surface area contributed by atoms with E-state index in [0.29, 0.717) is 5.02 Å². The molecule has 1 aromatic rings. The fourth-order valence-electron chi connectivity index (χ4n) is 1.51. The van der Waals surface area contributed by atoms with Crippen molar-refractivity contribution >= 4 is 11.6 Å². The van der Waals surface area contributed by atoms with Crippen LogP contribution in [0.1, 0.15) is 39.2 Å². The lowest BCUT2D eigenvalue weighted by Crippen LogP contribution is -2.17. The molecule has 0 aliphatic rings. The van der Waals surface area contributed by atoms with E-state index < -0.39 is 0 Å². The van der Waals surface area contributed by atoms with Crippen molar-refractivity contribution in [3.05, 3.63) is 28.8 Å². The maximum Gasteiger partial charge on any atom is 0.142 e. The van der Waals surface area contributed by atoms with Crippen molar-refractivity contribution < 1.29 is 4.74 Å². The summed E-state index contributed by atoms with van der Waals surface area (Å²) in [5.74, 6) is 0.826. The molecule has 0 radical (unpaired) electrons. The molecule has 0 saturated carbocycles. The Balaban J connectivity index is 2.76. The van der Waals surface area contributed by atoms with Gasteiger partial charge in [-0.1, -0.05) is 37.6 Å². The summed E-state index contributed by atoms with van der Waals surface area (Å²) in [6.07, 6.45) is 2.30. The van der Waals surface area contributed by atoms with Crippen LogP contribution in [0.25, 0.3) is 0 Å². The van der Waals surface area contributed by atoms with Crippen molar-refractivity contribution in [2.24, 2.45) is 0 Å². The van der Waals surface area contributed by atoms with Gasteiger partial charge in [-0.25, -0.2) is 0 Å². The summed E-state index contributed by atoms with van der Waals surface area (Å²) in [4.78, 5) is 0. The minimum Gasteiger partial charge on any atom is -0.489 e. The Kier molecular flexibility index (Phi) is 6.38. The summed E-state index contributed by atoms with van der Waals surface area (Å²) in [6.45, 7) is 8.14. The molecule has 1 rings (SSSR count). The zero-order valence-electron chi connectivity index (χ0n) is 10.9. The monoisotopic (exact) mass is 255 g/mol. The standard InChI is InChI=1S/C14H22ClNO/c1-4-9-16-10-12-7-6-8-13(15)14(12)17-11(3)5-2/h6-8,11,16H,4-5,9-10H2,1-3H3. The molecule has 0 saturated heterocycles. The van der Waals surface area contributed by atoms with Crippen LogP contribution in [0, 0.1) is 0 Å². The molecule has 3 heteroatoms. The molecule has 1 atom stereocenters. The molecule has 0 amide bonds. The van der Waals surface area contributed by atoms with Gasteiger partial charge in [-0.2, -0.15) is 0 Å². The van der Waals surface area contributed by atoms with Gasteiger partial charge in [-0.05, 0) is 32.4 Å². The molecule has 1 N–H and O–H groups in total. The van der Waals surface area contributed by atoms with Crippen molar-refractivity contribution in [2.45, 2.75) is 46.3 Å². The summed E-state index contributed by atoms with van der Waals surface area (Å²) in [5.41, 5.74) is 1.13. The van der Waals surface area contributed by atoms with Gasteiger partial charge in [0, 0.05) is 12.1 Å². The van der Waals surface area contributed by atoms with Crippen molar-refractivity contribution in [3.63, 3.8) is 0 Å². The van der Waals surface area contributed by atoms with Gasteiger partial charge in [0.1, 0.15) is 5.75 Å². The molecule has 0 bridgehead atoms. The van der Waals surface area contributed by atoms with Gasteiger partial charge in [0.2, 0.25) is 0 Å². The maximum absolute atomic E-state index is 6.19. The van der Waals surface area contributed by atoms with E-state index in [1.807, 2.05) is 12.1 Å². The maximum atomic E-state index is 6.19. The molecule has 0 aliphatic heterocycles. The first-order valence-corrected chi connectivity index (χ1v) is 6.71.